The van der Waals surface area contributed by atoms with Crippen LogP contribution in [0.3, 0.4) is 0 Å². The average Bonchev–Trinajstić information content (AvgIpc) is 2.39. The average molecular weight is 250 g/mol. The summed E-state index contributed by atoms with van der Waals surface area (Å²) in [5.74, 6) is 1.33. The molecule has 1 atom stereocenters. The fourth-order valence-electron chi connectivity index (χ4n) is 2.31. The van der Waals surface area contributed by atoms with E-state index in [1.54, 1.807) is 20.3 Å². The third-order valence-corrected chi connectivity index (χ3v) is 3.26. The minimum atomic E-state index is -0.0940. The molecule has 0 bridgehead atoms. The third-order valence-electron chi connectivity index (χ3n) is 3.26. The van der Waals surface area contributed by atoms with Crippen LogP contribution >= 0.6 is 0 Å². The number of fused-ring (bicyclic) bond motifs is 1. The highest BCUT2D eigenvalue weighted by Crippen LogP contribution is 2.40. The van der Waals surface area contributed by atoms with E-state index in [4.69, 9.17) is 15.2 Å². The molecule has 1 unspecified atom stereocenters. The molecule has 0 saturated carbocycles. The topological polar surface area (TPSA) is 73.6 Å². The number of carbonyl (C=O) groups is 1. The molecule has 5 heteroatoms. The van der Waals surface area contributed by atoms with E-state index in [0.29, 0.717) is 25.1 Å². The second kappa shape index (κ2) is 5.27. The number of benzene rings is 1. The molecule has 1 aromatic rings. The van der Waals surface area contributed by atoms with E-state index in [1.165, 1.54) is 0 Å². The van der Waals surface area contributed by atoms with Crippen LogP contribution in [0.15, 0.2) is 12.1 Å². The van der Waals surface area contributed by atoms with Gasteiger partial charge in [0, 0.05) is 11.5 Å². The lowest BCUT2D eigenvalue weighted by Gasteiger charge is -2.27. The zero-order chi connectivity index (χ0) is 13.1. The van der Waals surface area contributed by atoms with Crippen molar-refractivity contribution < 1.29 is 14.3 Å². The Morgan fingerprint density at radius 3 is 2.61 bits per heavy atom. The van der Waals surface area contributed by atoms with E-state index in [2.05, 4.69) is 5.32 Å². The molecule has 0 saturated heterocycles. The largest absolute Gasteiger partial charge is 0.496 e. The number of anilines is 1. The van der Waals surface area contributed by atoms with Crippen molar-refractivity contribution in [1.29, 1.82) is 0 Å². The van der Waals surface area contributed by atoms with Crippen LogP contribution in [0.1, 0.15) is 12.0 Å². The summed E-state index contributed by atoms with van der Waals surface area (Å²) in [6, 6.07) is 3.65. The summed E-state index contributed by atoms with van der Waals surface area (Å²) in [7, 11) is 3.21. The smallest absolute Gasteiger partial charge is 0.227 e. The summed E-state index contributed by atoms with van der Waals surface area (Å²) in [6.45, 7) is 0.500. The van der Waals surface area contributed by atoms with Crippen LogP contribution in [-0.4, -0.2) is 26.7 Å². The fourth-order valence-corrected chi connectivity index (χ4v) is 2.31. The molecule has 1 amide bonds. The lowest BCUT2D eigenvalue weighted by Crippen LogP contribution is -2.32. The van der Waals surface area contributed by atoms with Crippen molar-refractivity contribution in [3.63, 3.8) is 0 Å². The molecule has 2 rings (SSSR count). The number of ether oxygens (including phenoxy) is 2. The highest BCUT2D eigenvalue weighted by atomic mass is 16.5. The van der Waals surface area contributed by atoms with Crippen LogP contribution in [0.5, 0.6) is 11.5 Å². The Balaban J connectivity index is 2.42. The zero-order valence-electron chi connectivity index (χ0n) is 10.7. The molecule has 1 heterocycles. The van der Waals surface area contributed by atoms with Crippen molar-refractivity contribution in [2.45, 2.75) is 12.8 Å². The quantitative estimate of drug-likeness (QED) is 0.841. The van der Waals surface area contributed by atoms with Gasteiger partial charge in [0.05, 0.1) is 19.9 Å². The maximum atomic E-state index is 12.0. The highest BCUT2D eigenvalue weighted by Gasteiger charge is 2.29. The minimum absolute atomic E-state index is 0.000460. The maximum absolute atomic E-state index is 12.0. The molecule has 1 aliphatic heterocycles. The van der Waals surface area contributed by atoms with Gasteiger partial charge in [0.1, 0.15) is 11.5 Å². The second-order valence-corrected chi connectivity index (χ2v) is 4.29. The summed E-state index contributed by atoms with van der Waals surface area (Å²) in [6.07, 6.45) is 1.31. The second-order valence-electron chi connectivity index (χ2n) is 4.29. The molecular formula is C13H18N2O3. The molecular weight excluding hydrogens is 232 g/mol. The van der Waals surface area contributed by atoms with E-state index in [1.807, 2.05) is 6.07 Å². The van der Waals surface area contributed by atoms with E-state index in [9.17, 15) is 4.79 Å². The lowest BCUT2D eigenvalue weighted by atomic mass is 9.90. The maximum Gasteiger partial charge on any atom is 0.227 e. The molecule has 0 radical (unpaired) electrons. The van der Waals surface area contributed by atoms with Crippen LogP contribution in [0, 0.1) is 5.92 Å². The predicted octanol–water partition coefficient (Wildman–Crippen LogP) is 1.16. The van der Waals surface area contributed by atoms with Gasteiger partial charge in [0.25, 0.3) is 0 Å². The first-order valence-electron chi connectivity index (χ1n) is 5.96. The van der Waals surface area contributed by atoms with Crippen molar-refractivity contribution in [2.24, 2.45) is 11.7 Å². The Bertz CT molecular complexity index is 460. The standard InChI is InChI=1S/C13H18N2O3/c1-17-10-3-4-11(18-2)12-9(10)7-8(5-6-14)13(16)15-12/h3-4,8H,5-7,14H2,1-2H3,(H,15,16). The SMILES string of the molecule is COc1ccc(OC)c2c1CC(CCN)C(=O)N2. The normalized spacial score (nSPS) is 17.9. The molecule has 0 aliphatic carbocycles. The number of carbonyl (C=O) groups excluding carboxylic acids is 1. The molecule has 5 nitrogen and oxygen atoms in total. The van der Waals surface area contributed by atoms with Crippen molar-refractivity contribution in [1.82, 2.24) is 0 Å². The third kappa shape index (κ3) is 2.13. The Morgan fingerprint density at radius 2 is 2.00 bits per heavy atom. The molecule has 0 aromatic heterocycles. The van der Waals surface area contributed by atoms with Crippen molar-refractivity contribution in [2.75, 3.05) is 26.1 Å². The van der Waals surface area contributed by atoms with Gasteiger partial charge in [-0.2, -0.15) is 0 Å². The number of hydrogen-bond donors (Lipinski definition) is 2. The summed E-state index contributed by atoms with van der Waals surface area (Å²) in [5.41, 5.74) is 7.23. The van der Waals surface area contributed by atoms with Crippen LogP contribution < -0.4 is 20.5 Å². The number of nitrogens with one attached hydrogen (secondary N) is 1. The van der Waals surface area contributed by atoms with Crippen LogP contribution in [0.2, 0.25) is 0 Å². The van der Waals surface area contributed by atoms with Crippen LogP contribution in [0.4, 0.5) is 5.69 Å². The van der Waals surface area contributed by atoms with E-state index in [-0.39, 0.29) is 11.8 Å². The molecule has 1 aromatic carbocycles. The van der Waals surface area contributed by atoms with Gasteiger partial charge in [0.2, 0.25) is 5.91 Å². The molecule has 0 fully saturated rings. The number of amides is 1. The van der Waals surface area contributed by atoms with Crippen molar-refractivity contribution in [3.05, 3.63) is 17.7 Å². The molecule has 98 valence electrons. The van der Waals surface area contributed by atoms with Gasteiger partial charge in [-0.25, -0.2) is 0 Å². The van der Waals surface area contributed by atoms with Crippen LogP contribution in [-0.2, 0) is 11.2 Å². The summed E-state index contributed by atoms with van der Waals surface area (Å²) in [4.78, 5) is 12.0. The van der Waals surface area contributed by atoms with E-state index < -0.39 is 0 Å². The Labute approximate surface area is 106 Å². The minimum Gasteiger partial charge on any atom is -0.496 e. The highest BCUT2D eigenvalue weighted by molar-refractivity contribution is 5.98. The van der Waals surface area contributed by atoms with Gasteiger partial charge in [-0.05, 0) is 31.5 Å². The van der Waals surface area contributed by atoms with E-state index in [0.717, 1.165) is 17.0 Å². The van der Waals surface area contributed by atoms with Gasteiger partial charge < -0.3 is 20.5 Å². The summed E-state index contributed by atoms with van der Waals surface area (Å²) >= 11 is 0. The zero-order valence-corrected chi connectivity index (χ0v) is 10.7. The Hall–Kier alpha value is -1.75. The molecule has 1 aliphatic rings. The number of hydrogen-bond acceptors (Lipinski definition) is 4. The van der Waals surface area contributed by atoms with Gasteiger partial charge in [-0.15, -0.1) is 0 Å². The van der Waals surface area contributed by atoms with Gasteiger partial charge >= 0.3 is 0 Å². The number of rotatable bonds is 4. The first-order valence-corrected chi connectivity index (χ1v) is 5.96. The molecule has 18 heavy (non-hydrogen) atoms. The lowest BCUT2D eigenvalue weighted by molar-refractivity contribution is -0.120. The Kier molecular flexibility index (Phi) is 3.72. The van der Waals surface area contributed by atoms with Gasteiger partial charge in [-0.1, -0.05) is 0 Å². The monoisotopic (exact) mass is 250 g/mol. The molecule has 3 N–H and O–H groups in total. The summed E-state index contributed by atoms with van der Waals surface area (Å²) < 4.78 is 10.6. The van der Waals surface area contributed by atoms with E-state index >= 15 is 0 Å². The number of methoxy groups -OCH3 is 2. The van der Waals surface area contributed by atoms with Crippen molar-refractivity contribution in [3.8, 4) is 11.5 Å². The fraction of sp³-hybridized carbons (Fsp3) is 0.462. The molecule has 0 spiro atoms. The Morgan fingerprint density at radius 1 is 1.33 bits per heavy atom. The number of nitrogens with two attached hydrogens (primary N) is 1. The van der Waals surface area contributed by atoms with Crippen molar-refractivity contribution >= 4 is 11.6 Å². The van der Waals surface area contributed by atoms with Crippen LogP contribution in [0.25, 0.3) is 0 Å². The predicted molar refractivity (Wildman–Crippen MR) is 69.0 cm³/mol. The summed E-state index contributed by atoms with van der Waals surface area (Å²) in [5, 5.41) is 2.89. The first kappa shape index (κ1) is 12.7. The van der Waals surface area contributed by atoms with Gasteiger partial charge in [0.15, 0.2) is 0 Å². The van der Waals surface area contributed by atoms with Gasteiger partial charge in [-0.3, -0.25) is 4.79 Å². The first-order chi connectivity index (χ1) is 8.71.